The molecular formula is C19H18ClNO4. The minimum Gasteiger partial charge on any atom is -0.453 e. The minimum absolute atomic E-state index is 0.174. The van der Waals surface area contributed by atoms with Crippen LogP contribution < -0.4 is 5.32 Å². The summed E-state index contributed by atoms with van der Waals surface area (Å²) in [6, 6.07) is 15.5. The van der Waals surface area contributed by atoms with Crippen LogP contribution in [0.2, 0.25) is 5.02 Å². The molecule has 1 N–H and O–H groups in total. The van der Waals surface area contributed by atoms with Gasteiger partial charge < -0.3 is 10.1 Å². The smallest absolute Gasteiger partial charge is 0.326 e. The fourth-order valence-electron chi connectivity index (χ4n) is 2.16. The molecule has 1 atom stereocenters. The van der Waals surface area contributed by atoms with E-state index in [0.717, 1.165) is 5.56 Å². The van der Waals surface area contributed by atoms with Crippen LogP contribution in [0.5, 0.6) is 0 Å². The Kier molecular flexibility index (Phi) is 6.71. The van der Waals surface area contributed by atoms with Gasteiger partial charge in [-0.2, -0.15) is 0 Å². The van der Waals surface area contributed by atoms with Crippen molar-refractivity contribution in [2.24, 2.45) is 0 Å². The topological polar surface area (TPSA) is 72.5 Å². The Balaban J connectivity index is 1.78. The van der Waals surface area contributed by atoms with Crippen molar-refractivity contribution in [2.75, 3.05) is 6.54 Å². The number of ketones is 1. The zero-order valence-electron chi connectivity index (χ0n) is 13.7. The molecule has 0 aliphatic carbocycles. The molecule has 2 rings (SSSR count). The Morgan fingerprint density at radius 1 is 1.04 bits per heavy atom. The van der Waals surface area contributed by atoms with Crippen molar-refractivity contribution in [3.63, 3.8) is 0 Å². The molecule has 25 heavy (non-hydrogen) atoms. The van der Waals surface area contributed by atoms with Crippen LogP contribution in [0.4, 0.5) is 0 Å². The summed E-state index contributed by atoms with van der Waals surface area (Å²) in [6.07, 6.45) is -0.771. The van der Waals surface area contributed by atoms with Gasteiger partial charge >= 0.3 is 5.97 Å². The molecule has 0 fully saturated rings. The molecule has 0 aromatic heterocycles. The SMILES string of the molecule is CC(OC(=O)CNC(=O)Cc1ccccc1)C(=O)c1ccc(Cl)cc1. The second-order valence-electron chi connectivity index (χ2n) is 5.44. The first-order valence-electron chi connectivity index (χ1n) is 7.75. The predicted octanol–water partition coefficient (Wildman–Crippen LogP) is 2.81. The Hall–Kier alpha value is -2.66. The predicted molar refractivity (Wildman–Crippen MR) is 94.5 cm³/mol. The third-order valence-electron chi connectivity index (χ3n) is 3.44. The van der Waals surface area contributed by atoms with Gasteiger partial charge in [-0.05, 0) is 36.8 Å². The molecule has 6 heteroatoms. The van der Waals surface area contributed by atoms with Gasteiger partial charge in [0.25, 0.3) is 0 Å². The molecule has 0 aliphatic heterocycles. The van der Waals surface area contributed by atoms with Crippen molar-refractivity contribution in [1.29, 1.82) is 0 Å². The van der Waals surface area contributed by atoms with Gasteiger partial charge in [-0.15, -0.1) is 0 Å². The maximum absolute atomic E-state index is 12.2. The van der Waals surface area contributed by atoms with Crippen LogP contribution in [0.1, 0.15) is 22.8 Å². The zero-order chi connectivity index (χ0) is 18.2. The summed E-state index contributed by atoms with van der Waals surface area (Å²) in [5.74, 6) is -1.29. The molecule has 0 saturated heterocycles. The fraction of sp³-hybridized carbons (Fsp3) is 0.211. The second kappa shape index (κ2) is 8.99. The minimum atomic E-state index is -0.945. The Morgan fingerprint density at radius 3 is 2.32 bits per heavy atom. The average molecular weight is 360 g/mol. The van der Waals surface area contributed by atoms with E-state index in [1.54, 1.807) is 24.3 Å². The van der Waals surface area contributed by atoms with Crippen LogP contribution in [0.15, 0.2) is 54.6 Å². The lowest BCUT2D eigenvalue weighted by Gasteiger charge is -2.13. The number of Topliss-reactive ketones (excluding diaryl/α,β-unsaturated/α-hetero) is 1. The Labute approximate surface area is 150 Å². The highest BCUT2D eigenvalue weighted by Gasteiger charge is 2.19. The average Bonchev–Trinajstić information content (AvgIpc) is 2.61. The summed E-state index contributed by atoms with van der Waals surface area (Å²) in [4.78, 5) is 35.7. The molecule has 2 aromatic rings. The highest BCUT2D eigenvalue weighted by molar-refractivity contribution is 6.30. The molecular weight excluding hydrogens is 342 g/mol. The van der Waals surface area contributed by atoms with Gasteiger partial charge in [-0.1, -0.05) is 41.9 Å². The summed E-state index contributed by atoms with van der Waals surface area (Å²) in [5.41, 5.74) is 1.25. The quantitative estimate of drug-likeness (QED) is 0.609. The first-order chi connectivity index (χ1) is 12.0. The first-order valence-corrected chi connectivity index (χ1v) is 8.13. The third kappa shape index (κ3) is 6.04. The summed E-state index contributed by atoms with van der Waals surface area (Å²) >= 11 is 5.77. The van der Waals surface area contributed by atoms with Crippen LogP contribution in [-0.2, 0) is 20.7 Å². The lowest BCUT2D eigenvalue weighted by molar-refractivity contribution is -0.146. The molecule has 5 nitrogen and oxygen atoms in total. The fourth-order valence-corrected chi connectivity index (χ4v) is 2.28. The number of hydrogen-bond donors (Lipinski definition) is 1. The number of nitrogens with one attached hydrogen (secondary N) is 1. The van der Waals surface area contributed by atoms with E-state index in [-0.39, 0.29) is 24.7 Å². The summed E-state index contributed by atoms with van der Waals surface area (Å²) < 4.78 is 5.06. The summed E-state index contributed by atoms with van der Waals surface area (Å²) in [6.45, 7) is 1.20. The molecule has 1 unspecified atom stereocenters. The van der Waals surface area contributed by atoms with Crippen molar-refractivity contribution < 1.29 is 19.1 Å². The number of benzene rings is 2. The molecule has 0 saturated carbocycles. The maximum Gasteiger partial charge on any atom is 0.326 e. The van der Waals surface area contributed by atoms with E-state index >= 15 is 0 Å². The first kappa shape index (κ1) is 18.7. The zero-order valence-corrected chi connectivity index (χ0v) is 14.5. The molecule has 0 spiro atoms. The van der Waals surface area contributed by atoms with Crippen LogP contribution in [-0.4, -0.2) is 30.3 Å². The van der Waals surface area contributed by atoms with Crippen molar-refractivity contribution >= 4 is 29.3 Å². The lowest BCUT2D eigenvalue weighted by Crippen LogP contribution is -2.34. The van der Waals surface area contributed by atoms with E-state index in [2.05, 4.69) is 5.32 Å². The van der Waals surface area contributed by atoms with Gasteiger partial charge in [0.05, 0.1) is 6.42 Å². The van der Waals surface area contributed by atoms with Gasteiger partial charge in [-0.25, -0.2) is 0 Å². The number of hydrogen-bond acceptors (Lipinski definition) is 4. The molecule has 0 radical (unpaired) electrons. The third-order valence-corrected chi connectivity index (χ3v) is 3.70. The van der Waals surface area contributed by atoms with E-state index in [1.807, 2.05) is 30.3 Å². The van der Waals surface area contributed by atoms with Gasteiger partial charge in [0.1, 0.15) is 6.54 Å². The summed E-state index contributed by atoms with van der Waals surface area (Å²) in [7, 11) is 0. The van der Waals surface area contributed by atoms with Crippen LogP contribution in [0, 0.1) is 0 Å². The Morgan fingerprint density at radius 2 is 1.68 bits per heavy atom. The molecule has 2 aromatic carbocycles. The number of halogens is 1. The van der Waals surface area contributed by atoms with Crippen LogP contribution in [0.25, 0.3) is 0 Å². The maximum atomic E-state index is 12.2. The highest BCUT2D eigenvalue weighted by atomic mass is 35.5. The van der Waals surface area contributed by atoms with E-state index in [1.165, 1.54) is 6.92 Å². The summed E-state index contributed by atoms with van der Waals surface area (Å²) in [5, 5.41) is 3.00. The van der Waals surface area contributed by atoms with Crippen LogP contribution >= 0.6 is 11.6 Å². The molecule has 130 valence electrons. The molecule has 0 heterocycles. The Bertz CT molecular complexity index is 744. The standard InChI is InChI=1S/C19H18ClNO4/c1-13(19(24)15-7-9-16(20)10-8-15)25-18(23)12-21-17(22)11-14-5-3-2-4-6-14/h2-10,13H,11-12H2,1H3,(H,21,22). The van der Waals surface area contributed by atoms with E-state index in [9.17, 15) is 14.4 Å². The monoisotopic (exact) mass is 359 g/mol. The molecule has 0 bridgehead atoms. The van der Waals surface area contributed by atoms with Crippen molar-refractivity contribution in [1.82, 2.24) is 5.32 Å². The second-order valence-corrected chi connectivity index (χ2v) is 5.88. The number of ether oxygens (including phenoxy) is 1. The number of carbonyl (C=O) groups is 3. The highest BCUT2D eigenvalue weighted by Crippen LogP contribution is 2.12. The van der Waals surface area contributed by atoms with Gasteiger partial charge in [0, 0.05) is 10.6 Å². The lowest BCUT2D eigenvalue weighted by atomic mass is 10.1. The van der Waals surface area contributed by atoms with E-state index in [4.69, 9.17) is 16.3 Å². The molecule has 1 amide bonds. The van der Waals surface area contributed by atoms with Crippen molar-refractivity contribution in [3.05, 3.63) is 70.7 Å². The van der Waals surface area contributed by atoms with E-state index in [0.29, 0.717) is 10.6 Å². The van der Waals surface area contributed by atoms with Crippen molar-refractivity contribution in [3.8, 4) is 0 Å². The normalized spacial score (nSPS) is 11.4. The number of amides is 1. The molecule has 0 aliphatic rings. The number of carbonyl (C=O) groups excluding carboxylic acids is 3. The van der Waals surface area contributed by atoms with Gasteiger partial charge in [0.15, 0.2) is 6.10 Å². The van der Waals surface area contributed by atoms with Crippen molar-refractivity contribution in [2.45, 2.75) is 19.4 Å². The number of esters is 1. The van der Waals surface area contributed by atoms with Crippen LogP contribution in [0.3, 0.4) is 0 Å². The number of rotatable bonds is 7. The largest absolute Gasteiger partial charge is 0.453 e. The van der Waals surface area contributed by atoms with Gasteiger partial charge in [-0.3, -0.25) is 14.4 Å². The van der Waals surface area contributed by atoms with Gasteiger partial charge in [0.2, 0.25) is 11.7 Å². The van der Waals surface area contributed by atoms with E-state index < -0.39 is 12.1 Å².